The molecule has 2 aromatic heterocycles. The van der Waals surface area contributed by atoms with Crippen LogP contribution in [0, 0.1) is 0 Å². The Kier molecular flexibility index (Phi) is 4.35. The Morgan fingerprint density at radius 3 is 2.50 bits per heavy atom. The van der Waals surface area contributed by atoms with E-state index in [0.717, 1.165) is 17.7 Å². The van der Waals surface area contributed by atoms with Crippen LogP contribution in [0.3, 0.4) is 0 Å². The average Bonchev–Trinajstić information content (AvgIpc) is 2.68. The SMILES string of the molecule is O=c1cc[nH]c2cc(-c3cccnc3Oc3ccc(C(F)(F)F)cc3)ccc12. The van der Waals surface area contributed by atoms with E-state index in [1.54, 1.807) is 36.5 Å². The largest absolute Gasteiger partial charge is 0.438 e. The number of halogens is 3. The van der Waals surface area contributed by atoms with Crippen LogP contribution >= 0.6 is 0 Å². The van der Waals surface area contributed by atoms with Gasteiger partial charge in [-0.1, -0.05) is 6.07 Å². The quantitative estimate of drug-likeness (QED) is 0.516. The number of aromatic amines is 1. The molecular weight excluding hydrogens is 369 g/mol. The molecule has 0 aliphatic carbocycles. The fraction of sp³-hybridized carbons (Fsp3) is 0.0476. The van der Waals surface area contributed by atoms with E-state index in [0.29, 0.717) is 16.5 Å². The van der Waals surface area contributed by atoms with Crippen LogP contribution in [0.2, 0.25) is 0 Å². The first-order chi connectivity index (χ1) is 13.4. The molecular formula is C21H13F3N2O2. The molecule has 140 valence electrons. The first-order valence-electron chi connectivity index (χ1n) is 8.34. The summed E-state index contributed by atoms with van der Waals surface area (Å²) in [6.07, 6.45) is -1.31. The van der Waals surface area contributed by atoms with Crippen molar-refractivity contribution in [3.05, 3.63) is 88.8 Å². The van der Waals surface area contributed by atoms with Crippen LogP contribution in [0.4, 0.5) is 13.2 Å². The van der Waals surface area contributed by atoms with Gasteiger partial charge in [0, 0.05) is 34.9 Å². The number of fused-ring (bicyclic) bond motifs is 1. The third kappa shape index (κ3) is 3.46. The van der Waals surface area contributed by atoms with E-state index in [1.165, 1.54) is 24.4 Å². The molecule has 0 saturated carbocycles. The van der Waals surface area contributed by atoms with Crippen molar-refractivity contribution in [2.24, 2.45) is 0 Å². The number of H-pyrrole nitrogens is 1. The van der Waals surface area contributed by atoms with Crippen molar-refractivity contribution < 1.29 is 17.9 Å². The number of hydrogen-bond acceptors (Lipinski definition) is 3. The molecule has 4 aromatic rings. The molecule has 7 heteroatoms. The predicted molar refractivity (Wildman–Crippen MR) is 99.3 cm³/mol. The van der Waals surface area contributed by atoms with Gasteiger partial charge in [-0.15, -0.1) is 0 Å². The molecule has 0 unspecified atom stereocenters. The molecule has 2 aromatic carbocycles. The number of benzene rings is 2. The van der Waals surface area contributed by atoms with Gasteiger partial charge in [0.15, 0.2) is 5.43 Å². The van der Waals surface area contributed by atoms with Crippen molar-refractivity contribution in [2.45, 2.75) is 6.18 Å². The molecule has 1 N–H and O–H groups in total. The number of ether oxygens (including phenoxy) is 1. The Bertz CT molecular complexity index is 1200. The molecule has 4 nitrogen and oxygen atoms in total. The van der Waals surface area contributed by atoms with Crippen LogP contribution in [0.1, 0.15) is 5.56 Å². The van der Waals surface area contributed by atoms with E-state index in [-0.39, 0.29) is 17.1 Å². The highest BCUT2D eigenvalue weighted by molar-refractivity contribution is 5.85. The maximum atomic E-state index is 12.7. The van der Waals surface area contributed by atoms with Crippen LogP contribution in [-0.4, -0.2) is 9.97 Å². The van der Waals surface area contributed by atoms with E-state index < -0.39 is 11.7 Å². The number of pyridine rings is 2. The van der Waals surface area contributed by atoms with E-state index >= 15 is 0 Å². The van der Waals surface area contributed by atoms with Gasteiger partial charge in [-0.3, -0.25) is 4.79 Å². The minimum absolute atomic E-state index is 0.0901. The summed E-state index contributed by atoms with van der Waals surface area (Å²) in [4.78, 5) is 19.1. The fourth-order valence-corrected chi connectivity index (χ4v) is 2.86. The second-order valence-electron chi connectivity index (χ2n) is 6.08. The predicted octanol–water partition coefficient (Wildman–Crippen LogP) is 5.40. The molecule has 0 bridgehead atoms. The highest BCUT2D eigenvalue weighted by atomic mass is 19.4. The minimum atomic E-state index is -4.41. The molecule has 0 atom stereocenters. The maximum absolute atomic E-state index is 12.7. The highest BCUT2D eigenvalue weighted by Gasteiger charge is 2.30. The van der Waals surface area contributed by atoms with E-state index in [4.69, 9.17) is 4.74 Å². The highest BCUT2D eigenvalue weighted by Crippen LogP contribution is 2.34. The van der Waals surface area contributed by atoms with Gasteiger partial charge >= 0.3 is 6.18 Å². The number of aromatic nitrogens is 2. The summed E-state index contributed by atoms with van der Waals surface area (Å²) in [6.45, 7) is 0. The zero-order valence-corrected chi connectivity index (χ0v) is 14.3. The number of nitrogens with one attached hydrogen (secondary N) is 1. The van der Waals surface area contributed by atoms with Gasteiger partial charge < -0.3 is 9.72 Å². The smallest absolute Gasteiger partial charge is 0.416 e. The van der Waals surface area contributed by atoms with Crippen LogP contribution < -0.4 is 10.2 Å². The van der Waals surface area contributed by atoms with Gasteiger partial charge in [0.25, 0.3) is 0 Å². The normalized spacial score (nSPS) is 11.5. The number of hydrogen-bond donors (Lipinski definition) is 1. The number of alkyl halides is 3. The minimum Gasteiger partial charge on any atom is -0.438 e. The maximum Gasteiger partial charge on any atom is 0.416 e. The zero-order chi connectivity index (χ0) is 19.7. The summed E-state index contributed by atoms with van der Waals surface area (Å²) < 4.78 is 43.8. The Morgan fingerprint density at radius 2 is 1.75 bits per heavy atom. The van der Waals surface area contributed by atoms with E-state index in [1.807, 2.05) is 0 Å². The van der Waals surface area contributed by atoms with Gasteiger partial charge in [-0.2, -0.15) is 13.2 Å². The first-order valence-corrected chi connectivity index (χ1v) is 8.34. The van der Waals surface area contributed by atoms with Gasteiger partial charge in [0.1, 0.15) is 5.75 Å². The molecule has 0 radical (unpaired) electrons. The van der Waals surface area contributed by atoms with Crippen LogP contribution in [-0.2, 0) is 6.18 Å². The molecule has 4 rings (SSSR count). The average molecular weight is 382 g/mol. The number of rotatable bonds is 3. The summed E-state index contributed by atoms with van der Waals surface area (Å²) in [5, 5.41) is 0.556. The summed E-state index contributed by atoms with van der Waals surface area (Å²) in [5.41, 5.74) is 1.22. The van der Waals surface area contributed by atoms with Crippen LogP contribution in [0.25, 0.3) is 22.0 Å². The summed E-state index contributed by atoms with van der Waals surface area (Å²) >= 11 is 0. The molecule has 0 spiro atoms. The molecule has 0 aliphatic heterocycles. The van der Waals surface area contributed by atoms with Gasteiger partial charge in [0.2, 0.25) is 5.88 Å². The van der Waals surface area contributed by atoms with Gasteiger partial charge in [-0.25, -0.2) is 4.98 Å². The fourth-order valence-electron chi connectivity index (χ4n) is 2.86. The molecule has 28 heavy (non-hydrogen) atoms. The standard InChI is InChI=1S/C21H13F3N2O2/c22-21(23,24)14-4-6-15(7-5-14)28-20-16(2-1-10-26-20)13-3-8-17-18(12-13)25-11-9-19(17)27/h1-12H,(H,25,27). The third-order valence-electron chi connectivity index (χ3n) is 4.24. The third-order valence-corrected chi connectivity index (χ3v) is 4.24. The van der Waals surface area contributed by atoms with Gasteiger partial charge in [-0.05, 0) is 54.1 Å². The Morgan fingerprint density at radius 1 is 0.964 bits per heavy atom. The number of nitrogens with zero attached hydrogens (tertiary/aromatic N) is 1. The lowest BCUT2D eigenvalue weighted by Gasteiger charge is -2.12. The molecule has 0 fully saturated rings. The topological polar surface area (TPSA) is 55.0 Å². The van der Waals surface area contributed by atoms with E-state index in [2.05, 4.69) is 9.97 Å². The van der Waals surface area contributed by atoms with Crippen molar-refractivity contribution in [2.75, 3.05) is 0 Å². The Labute approximate surface area is 157 Å². The van der Waals surface area contributed by atoms with Crippen LogP contribution in [0.5, 0.6) is 11.6 Å². The van der Waals surface area contributed by atoms with Crippen molar-refractivity contribution in [3.8, 4) is 22.8 Å². The summed E-state index contributed by atoms with van der Waals surface area (Å²) in [7, 11) is 0. The Balaban J connectivity index is 1.70. The zero-order valence-electron chi connectivity index (χ0n) is 14.3. The van der Waals surface area contributed by atoms with Crippen molar-refractivity contribution >= 4 is 10.9 Å². The lowest BCUT2D eigenvalue weighted by molar-refractivity contribution is -0.137. The second-order valence-corrected chi connectivity index (χ2v) is 6.08. The van der Waals surface area contributed by atoms with Gasteiger partial charge in [0.05, 0.1) is 5.56 Å². The monoisotopic (exact) mass is 382 g/mol. The first kappa shape index (κ1) is 17.8. The molecule has 0 aliphatic rings. The summed E-state index contributed by atoms with van der Waals surface area (Å²) in [6, 6.07) is 14.7. The molecule has 2 heterocycles. The Hall–Kier alpha value is -3.61. The van der Waals surface area contributed by atoms with Crippen molar-refractivity contribution in [1.82, 2.24) is 9.97 Å². The van der Waals surface area contributed by atoms with Crippen LogP contribution in [0.15, 0.2) is 77.9 Å². The van der Waals surface area contributed by atoms with Crippen molar-refractivity contribution in [3.63, 3.8) is 0 Å². The lowest BCUT2D eigenvalue weighted by atomic mass is 10.0. The van der Waals surface area contributed by atoms with E-state index in [9.17, 15) is 18.0 Å². The van der Waals surface area contributed by atoms with Crippen molar-refractivity contribution in [1.29, 1.82) is 0 Å². The molecule has 0 amide bonds. The molecule has 0 saturated heterocycles. The lowest BCUT2D eigenvalue weighted by Crippen LogP contribution is -2.04. The second kappa shape index (κ2) is 6.84. The summed E-state index contributed by atoms with van der Waals surface area (Å²) in [5.74, 6) is 0.488.